The third kappa shape index (κ3) is 10.2. The van der Waals surface area contributed by atoms with Crippen LogP contribution in [0.2, 0.25) is 0 Å². The molecular formula is C27H43N3O5. The Bertz CT molecular complexity index is 878. The molecule has 0 spiro atoms. The van der Waals surface area contributed by atoms with Gasteiger partial charge < -0.3 is 25.0 Å². The first-order valence-electron chi connectivity index (χ1n) is 12.5. The van der Waals surface area contributed by atoms with Crippen molar-refractivity contribution in [2.45, 2.75) is 78.7 Å². The Hall–Kier alpha value is -2.77. The van der Waals surface area contributed by atoms with Gasteiger partial charge in [-0.25, -0.2) is 4.79 Å². The number of aryl methyl sites for hydroxylation is 1. The maximum absolute atomic E-state index is 12.4. The topological polar surface area (TPSA) is 97.0 Å². The molecule has 0 saturated carbocycles. The molecule has 1 aliphatic rings. The monoisotopic (exact) mass is 489 g/mol. The zero-order valence-electron chi connectivity index (χ0n) is 22.5. The summed E-state index contributed by atoms with van der Waals surface area (Å²) in [6, 6.07) is 6.03. The van der Waals surface area contributed by atoms with Gasteiger partial charge in [0.05, 0.1) is 0 Å². The van der Waals surface area contributed by atoms with E-state index >= 15 is 0 Å². The molecule has 0 atom stereocenters. The predicted molar refractivity (Wildman–Crippen MR) is 137 cm³/mol. The van der Waals surface area contributed by atoms with E-state index in [1.54, 1.807) is 20.8 Å². The van der Waals surface area contributed by atoms with Crippen molar-refractivity contribution in [2.24, 2.45) is 5.92 Å². The van der Waals surface area contributed by atoms with Crippen molar-refractivity contribution in [3.05, 3.63) is 29.3 Å². The van der Waals surface area contributed by atoms with Gasteiger partial charge in [-0.15, -0.1) is 0 Å². The van der Waals surface area contributed by atoms with E-state index in [-0.39, 0.29) is 36.8 Å². The molecule has 0 radical (unpaired) electrons. The molecule has 1 aromatic rings. The fourth-order valence-corrected chi connectivity index (χ4v) is 3.94. The van der Waals surface area contributed by atoms with Crippen molar-refractivity contribution in [2.75, 3.05) is 32.8 Å². The van der Waals surface area contributed by atoms with Gasteiger partial charge in [0.2, 0.25) is 5.91 Å². The number of nitrogens with one attached hydrogen (secondary N) is 2. The number of ether oxygens (including phenoxy) is 2. The number of amides is 3. The zero-order chi connectivity index (χ0) is 26.2. The van der Waals surface area contributed by atoms with E-state index < -0.39 is 11.7 Å². The Morgan fingerprint density at radius 2 is 1.69 bits per heavy atom. The Morgan fingerprint density at radius 3 is 2.29 bits per heavy atom. The molecule has 0 bridgehead atoms. The SMILES string of the molecule is Cc1ccc(OCC(=O)NCC2CCN(C(=O)CCNC(=O)OC(C)(C)C)CC2)c(C(C)(C)C)c1. The summed E-state index contributed by atoms with van der Waals surface area (Å²) >= 11 is 0. The molecule has 1 fully saturated rings. The van der Waals surface area contributed by atoms with Gasteiger partial charge in [0, 0.05) is 32.6 Å². The number of nitrogens with zero attached hydrogens (tertiary/aromatic N) is 1. The van der Waals surface area contributed by atoms with Crippen LogP contribution in [0.5, 0.6) is 5.75 Å². The summed E-state index contributed by atoms with van der Waals surface area (Å²) in [7, 11) is 0. The zero-order valence-corrected chi connectivity index (χ0v) is 22.5. The van der Waals surface area contributed by atoms with E-state index in [4.69, 9.17) is 9.47 Å². The number of carbonyl (C=O) groups is 3. The number of hydrogen-bond donors (Lipinski definition) is 2. The maximum atomic E-state index is 12.4. The van der Waals surface area contributed by atoms with Crippen molar-refractivity contribution < 1.29 is 23.9 Å². The number of carbonyl (C=O) groups excluding carboxylic acids is 3. The molecule has 2 N–H and O–H groups in total. The van der Waals surface area contributed by atoms with Crippen LogP contribution in [0.15, 0.2) is 18.2 Å². The van der Waals surface area contributed by atoms with Gasteiger partial charge in [-0.05, 0) is 63.5 Å². The minimum atomic E-state index is -0.562. The molecule has 2 rings (SSSR count). The van der Waals surface area contributed by atoms with Crippen LogP contribution in [0, 0.1) is 12.8 Å². The molecule has 196 valence electrons. The van der Waals surface area contributed by atoms with Crippen LogP contribution in [0.3, 0.4) is 0 Å². The normalized spacial score (nSPS) is 14.9. The number of piperidine rings is 1. The average Bonchev–Trinajstić information content (AvgIpc) is 2.75. The molecular weight excluding hydrogens is 446 g/mol. The van der Waals surface area contributed by atoms with Crippen LogP contribution in [-0.4, -0.2) is 61.2 Å². The second-order valence-electron chi connectivity index (χ2n) is 11.3. The standard InChI is InChI=1S/C27H43N3O5/c1-19-8-9-22(21(16-19)26(2,3)4)34-18-23(31)29-17-20-11-14-30(15-12-20)24(32)10-13-28-25(33)35-27(5,6)7/h8-9,16,20H,10-15,17-18H2,1-7H3,(H,28,33)(H,29,31). The first-order valence-corrected chi connectivity index (χ1v) is 12.5. The van der Waals surface area contributed by atoms with Gasteiger partial charge in [-0.1, -0.05) is 38.5 Å². The lowest BCUT2D eigenvalue weighted by molar-refractivity contribution is -0.132. The number of hydrogen-bond acceptors (Lipinski definition) is 5. The average molecular weight is 490 g/mol. The second-order valence-corrected chi connectivity index (χ2v) is 11.3. The van der Waals surface area contributed by atoms with E-state index in [2.05, 4.69) is 37.5 Å². The highest BCUT2D eigenvalue weighted by Crippen LogP contribution is 2.32. The van der Waals surface area contributed by atoms with Gasteiger partial charge in [-0.2, -0.15) is 0 Å². The fraction of sp³-hybridized carbons (Fsp3) is 0.667. The van der Waals surface area contributed by atoms with E-state index in [0.29, 0.717) is 25.6 Å². The van der Waals surface area contributed by atoms with Crippen LogP contribution in [0.1, 0.15) is 71.9 Å². The third-order valence-electron chi connectivity index (χ3n) is 5.86. The summed E-state index contributed by atoms with van der Waals surface area (Å²) in [6.45, 7) is 15.9. The predicted octanol–water partition coefficient (Wildman–Crippen LogP) is 3.94. The minimum absolute atomic E-state index is 0.0182. The fourth-order valence-electron chi connectivity index (χ4n) is 3.94. The molecule has 1 heterocycles. The molecule has 35 heavy (non-hydrogen) atoms. The van der Waals surface area contributed by atoms with E-state index in [0.717, 1.165) is 29.7 Å². The number of likely N-dealkylation sites (tertiary alicyclic amines) is 1. The van der Waals surface area contributed by atoms with Crippen LogP contribution in [-0.2, 0) is 19.7 Å². The maximum Gasteiger partial charge on any atom is 0.407 e. The second kappa shape index (κ2) is 12.3. The van der Waals surface area contributed by atoms with Crippen LogP contribution in [0.25, 0.3) is 0 Å². The summed E-state index contributed by atoms with van der Waals surface area (Å²) < 4.78 is 11.0. The lowest BCUT2D eigenvalue weighted by Gasteiger charge is -2.32. The first kappa shape index (κ1) is 28.5. The summed E-state index contributed by atoms with van der Waals surface area (Å²) in [5.74, 6) is 0.945. The smallest absolute Gasteiger partial charge is 0.407 e. The van der Waals surface area contributed by atoms with Crippen molar-refractivity contribution in [1.82, 2.24) is 15.5 Å². The van der Waals surface area contributed by atoms with Gasteiger partial charge in [0.15, 0.2) is 6.61 Å². The first-order chi connectivity index (χ1) is 16.2. The van der Waals surface area contributed by atoms with Crippen molar-refractivity contribution in [1.29, 1.82) is 0 Å². The van der Waals surface area contributed by atoms with Gasteiger partial charge >= 0.3 is 6.09 Å². The third-order valence-corrected chi connectivity index (χ3v) is 5.86. The Kier molecular flexibility index (Phi) is 9.98. The lowest BCUT2D eigenvalue weighted by Crippen LogP contribution is -2.43. The molecule has 0 aliphatic carbocycles. The lowest BCUT2D eigenvalue weighted by atomic mass is 9.85. The van der Waals surface area contributed by atoms with Crippen molar-refractivity contribution in [3.63, 3.8) is 0 Å². The molecule has 0 aromatic heterocycles. The molecule has 3 amide bonds. The number of rotatable bonds is 8. The van der Waals surface area contributed by atoms with E-state index in [9.17, 15) is 14.4 Å². The van der Waals surface area contributed by atoms with Crippen LogP contribution in [0.4, 0.5) is 4.79 Å². The molecule has 8 nitrogen and oxygen atoms in total. The van der Waals surface area contributed by atoms with E-state index in [1.807, 2.05) is 24.0 Å². The largest absolute Gasteiger partial charge is 0.483 e. The molecule has 1 aliphatic heterocycles. The summed E-state index contributed by atoms with van der Waals surface area (Å²) in [5, 5.41) is 5.59. The van der Waals surface area contributed by atoms with Crippen LogP contribution < -0.4 is 15.4 Å². The minimum Gasteiger partial charge on any atom is -0.483 e. The van der Waals surface area contributed by atoms with Crippen molar-refractivity contribution >= 4 is 17.9 Å². The van der Waals surface area contributed by atoms with Crippen LogP contribution >= 0.6 is 0 Å². The molecule has 0 unspecified atom stereocenters. The Balaban J connectivity index is 1.67. The highest BCUT2D eigenvalue weighted by Gasteiger charge is 2.24. The Labute approximate surface area is 210 Å². The van der Waals surface area contributed by atoms with E-state index in [1.165, 1.54) is 0 Å². The molecule has 1 aromatic carbocycles. The summed E-state index contributed by atoms with van der Waals surface area (Å²) in [4.78, 5) is 38.3. The Morgan fingerprint density at radius 1 is 1.03 bits per heavy atom. The van der Waals surface area contributed by atoms with Gasteiger partial charge in [-0.3, -0.25) is 9.59 Å². The highest BCUT2D eigenvalue weighted by atomic mass is 16.6. The van der Waals surface area contributed by atoms with Gasteiger partial charge in [0.25, 0.3) is 5.91 Å². The highest BCUT2D eigenvalue weighted by molar-refractivity contribution is 5.78. The molecule has 1 saturated heterocycles. The van der Waals surface area contributed by atoms with Gasteiger partial charge in [0.1, 0.15) is 11.4 Å². The summed E-state index contributed by atoms with van der Waals surface area (Å²) in [6.07, 6.45) is 1.39. The summed E-state index contributed by atoms with van der Waals surface area (Å²) in [5.41, 5.74) is 1.61. The molecule has 8 heteroatoms. The van der Waals surface area contributed by atoms with Crippen molar-refractivity contribution in [3.8, 4) is 5.75 Å². The number of benzene rings is 1. The number of alkyl carbamates (subject to hydrolysis) is 1. The quantitative estimate of drug-likeness (QED) is 0.577.